The van der Waals surface area contributed by atoms with Crippen molar-refractivity contribution in [1.82, 2.24) is 9.80 Å². The molecule has 2 bridgehead atoms. The monoisotopic (exact) mass is 322 g/mol. The van der Waals surface area contributed by atoms with E-state index in [9.17, 15) is 13.6 Å². The number of hydrogen-bond acceptors (Lipinski definition) is 2. The standard InChI is InChI=1S/C18H24F2N2O/c1-21(2)18-13-5-6-14(18)11-22(10-13)17(23)8-4-12-3-7-15(19)16(20)9-12/h3,7,9,13-14,18H,4-6,8,10-11H2,1-2H3/t13-,14+,18?. The molecule has 2 fully saturated rings. The van der Waals surface area contributed by atoms with Gasteiger partial charge in [0.2, 0.25) is 5.91 Å². The first-order valence-corrected chi connectivity index (χ1v) is 8.34. The van der Waals surface area contributed by atoms with Crippen LogP contribution in [-0.4, -0.2) is 48.9 Å². The van der Waals surface area contributed by atoms with E-state index in [1.54, 1.807) is 6.07 Å². The lowest BCUT2D eigenvalue weighted by Crippen LogP contribution is -2.52. The van der Waals surface area contributed by atoms with Crippen molar-refractivity contribution in [2.24, 2.45) is 11.8 Å². The van der Waals surface area contributed by atoms with E-state index in [0.29, 0.717) is 36.3 Å². The third-order valence-corrected chi connectivity index (χ3v) is 5.34. The quantitative estimate of drug-likeness (QED) is 0.851. The average Bonchev–Trinajstić information content (AvgIpc) is 2.79. The van der Waals surface area contributed by atoms with Gasteiger partial charge in [-0.1, -0.05) is 6.07 Å². The number of rotatable bonds is 4. The highest BCUT2D eigenvalue weighted by Gasteiger charge is 2.43. The van der Waals surface area contributed by atoms with Crippen molar-refractivity contribution < 1.29 is 13.6 Å². The van der Waals surface area contributed by atoms with Crippen molar-refractivity contribution in [2.75, 3.05) is 27.2 Å². The van der Waals surface area contributed by atoms with Crippen LogP contribution >= 0.6 is 0 Å². The number of aryl methyl sites for hydroxylation is 1. The SMILES string of the molecule is CN(C)C1[C@@H]2CC[C@H]1CN(C(=O)CCc1ccc(F)c(F)c1)C2. The van der Waals surface area contributed by atoms with E-state index >= 15 is 0 Å². The van der Waals surface area contributed by atoms with Crippen LogP contribution in [0, 0.1) is 23.5 Å². The van der Waals surface area contributed by atoms with Crippen molar-refractivity contribution in [3.05, 3.63) is 35.4 Å². The maximum Gasteiger partial charge on any atom is 0.222 e. The molecule has 0 spiro atoms. The molecule has 1 aromatic carbocycles. The highest BCUT2D eigenvalue weighted by Crippen LogP contribution is 2.39. The largest absolute Gasteiger partial charge is 0.342 e. The second-order valence-electron chi connectivity index (χ2n) is 7.10. The predicted molar refractivity (Wildman–Crippen MR) is 84.9 cm³/mol. The third kappa shape index (κ3) is 3.39. The molecule has 1 amide bonds. The highest BCUT2D eigenvalue weighted by molar-refractivity contribution is 5.76. The number of carbonyl (C=O) groups excluding carboxylic acids is 1. The first-order chi connectivity index (χ1) is 11.0. The zero-order valence-electron chi connectivity index (χ0n) is 13.8. The summed E-state index contributed by atoms with van der Waals surface area (Å²) in [4.78, 5) is 16.7. The zero-order valence-corrected chi connectivity index (χ0v) is 13.8. The molecular weight excluding hydrogens is 298 g/mol. The number of hydrogen-bond donors (Lipinski definition) is 0. The minimum absolute atomic E-state index is 0.129. The van der Waals surface area contributed by atoms with Gasteiger partial charge in [-0.05, 0) is 62.9 Å². The number of amides is 1. The Morgan fingerprint density at radius 3 is 2.39 bits per heavy atom. The molecule has 1 saturated heterocycles. The highest BCUT2D eigenvalue weighted by atomic mass is 19.2. The first-order valence-electron chi connectivity index (χ1n) is 8.34. The Morgan fingerprint density at radius 2 is 1.83 bits per heavy atom. The van der Waals surface area contributed by atoms with Gasteiger partial charge < -0.3 is 9.80 Å². The van der Waals surface area contributed by atoms with Gasteiger partial charge in [0.15, 0.2) is 11.6 Å². The van der Waals surface area contributed by atoms with Gasteiger partial charge in [-0.15, -0.1) is 0 Å². The number of benzene rings is 1. The van der Waals surface area contributed by atoms with Crippen LogP contribution in [0.15, 0.2) is 18.2 Å². The Bertz CT molecular complexity index is 576. The molecule has 2 aliphatic rings. The number of halogens is 2. The van der Waals surface area contributed by atoms with Gasteiger partial charge in [-0.2, -0.15) is 0 Å². The molecule has 23 heavy (non-hydrogen) atoms. The molecule has 1 heterocycles. The van der Waals surface area contributed by atoms with E-state index in [1.165, 1.54) is 18.9 Å². The van der Waals surface area contributed by atoms with Gasteiger partial charge >= 0.3 is 0 Å². The molecule has 126 valence electrons. The molecule has 0 aromatic heterocycles. The molecule has 1 unspecified atom stereocenters. The fourth-order valence-electron chi connectivity index (χ4n) is 4.35. The van der Waals surface area contributed by atoms with E-state index in [-0.39, 0.29) is 5.91 Å². The van der Waals surface area contributed by atoms with Crippen LogP contribution in [0.1, 0.15) is 24.8 Å². The van der Waals surface area contributed by atoms with Crippen LogP contribution in [-0.2, 0) is 11.2 Å². The molecular formula is C18H24F2N2O. The number of carbonyl (C=O) groups is 1. The molecule has 3 atom stereocenters. The molecule has 1 aromatic rings. The second kappa shape index (κ2) is 6.56. The van der Waals surface area contributed by atoms with E-state index in [2.05, 4.69) is 19.0 Å². The minimum Gasteiger partial charge on any atom is -0.342 e. The summed E-state index contributed by atoms with van der Waals surface area (Å²) in [6.07, 6.45) is 3.21. The van der Waals surface area contributed by atoms with Crippen molar-refractivity contribution in [3.8, 4) is 0 Å². The van der Waals surface area contributed by atoms with Crippen LogP contribution in [0.5, 0.6) is 0 Å². The van der Waals surface area contributed by atoms with Crippen molar-refractivity contribution >= 4 is 5.91 Å². The fourth-order valence-corrected chi connectivity index (χ4v) is 4.35. The maximum atomic E-state index is 13.2. The van der Waals surface area contributed by atoms with Gasteiger partial charge in [0.05, 0.1) is 0 Å². The molecule has 1 aliphatic carbocycles. The lowest BCUT2D eigenvalue weighted by Gasteiger charge is -2.41. The van der Waals surface area contributed by atoms with Gasteiger partial charge in [-0.25, -0.2) is 8.78 Å². The molecule has 5 heteroatoms. The summed E-state index contributed by atoms with van der Waals surface area (Å²) >= 11 is 0. The molecule has 3 rings (SSSR count). The summed E-state index contributed by atoms with van der Waals surface area (Å²) in [6, 6.07) is 4.45. The van der Waals surface area contributed by atoms with Gasteiger partial charge in [0, 0.05) is 25.6 Å². The fraction of sp³-hybridized carbons (Fsp3) is 0.611. The van der Waals surface area contributed by atoms with E-state index in [0.717, 1.165) is 19.2 Å². The minimum atomic E-state index is -0.847. The Hall–Kier alpha value is -1.49. The van der Waals surface area contributed by atoms with Crippen LogP contribution in [0.2, 0.25) is 0 Å². The van der Waals surface area contributed by atoms with E-state index in [4.69, 9.17) is 0 Å². The Morgan fingerprint density at radius 1 is 1.17 bits per heavy atom. The predicted octanol–water partition coefficient (Wildman–Crippen LogP) is 2.70. The van der Waals surface area contributed by atoms with E-state index in [1.807, 2.05) is 4.90 Å². The summed E-state index contributed by atoms with van der Waals surface area (Å²) in [7, 11) is 4.24. The zero-order chi connectivity index (χ0) is 16.6. The Kier molecular flexibility index (Phi) is 4.67. The van der Waals surface area contributed by atoms with Gasteiger partial charge in [-0.3, -0.25) is 4.79 Å². The Labute approximate surface area is 136 Å². The third-order valence-electron chi connectivity index (χ3n) is 5.34. The second-order valence-corrected chi connectivity index (χ2v) is 7.10. The number of likely N-dealkylation sites (tertiary alicyclic amines) is 1. The summed E-state index contributed by atoms with van der Waals surface area (Å²) in [5.41, 5.74) is 0.670. The van der Waals surface area contributed by atoms with Gasteiger partial charge in [0.25, 0.3) is 0 Å². The number of piperidine rings is 1. The lowest BCUT2D eigenvalue weighted by molar-refractivity contribution is -0.134. The lowest BCUT2D eigenvalue weighted by atomic mass is 9.91. The van der Waals surface area contributed by atoms with Crippen LogP contribution < -0.4 is 0 Å². The van der Waals surface area contributed by atoms with E-state index < -0.39 is 11.6 Å². The number of fused-ring (bicyclic) bond motifs is 2. The summed E-state index contributed by atoms with van der Waals surface area (Å²) in [5.74, 6) is -0.432. The van der Waals surface area contributed by atoms with Crippen molar-refractivity contribution in [3.63, 3.8) is 0 Å². The number of nitrogens with zero attached hydrogens (tertiary/aromatic N) is 2. The van der Waals surface area contributed by atoms with Crippen LogP contribution in [0.25, 0.3) is 0 Å². The van der Waals surface area contributed by atoms with Gasteiger partial charge in [0.1, 0.15) is 0 Å². The molecule has 0 N–H and O–H groups in total. The average molecular weight is 322 g/mol. The summed E-state index contributed by atoms with van der Waals surface area (Å²) < 4.78 is 26.1. The maximum absolute atomic E-state index is 13.2. The normalized spacial score (nSPS) is 26.8. The molecule has 0 radical (unpaired) electrons. The molecule has 3 nitrogen and oxygen atoms in total. The molecule has 1 aliphatic heterocycles. The molecule has 1 saturated carbocycles. The van der Waals surface area contributed by atoms with Crippen LogP contribution in [0.4, 0.5) is 8.78 Å². The summed E-state index contributed by atoms with van der Waals surface area (Å²) in [5, 5.41) is 0. The first kappa shape index (κ1) is 16.4. The Balaban J connectivity index is 1.56. The van der Waals surface area contributed by atoms with Crippen molar-refractivity contribution in [1.29, 1.82) is 0 Å². The topological polar surface area (TPSA) is 23.6 Å². The summed E-state index contributed by atoms with van der Waals surface area (Å²) in [6.45, 7) is 1.66. The van der Waals surface area contributed by atoms with Crippen LogP contribution in [0.3, 0.4) is 0 Å². The smallest absolute Gasteiger partial charge is 0.222 e. The van der Waals surface area contributed by atoms with Crippen molar-refractivity contribution in [2.45, 2.75) is 31.7 Å².